The fourth-order valence-corrected chi connectivity index (χ4v) is 3.56. The van der Waals surface area contributed by atoms with Gasteiger partial charge in [0.1, 0.15) is 23.7 Å². The van der Waals surface area contributed by atoms with E-state index in [1.807, 2.05) is 29.8 Å². The number of hydrogen-bond acceptors (Lipinski definition) is 5. The molecule has 0 saturated carbocycles. The molecule has 1 aromatic carbocycles. The van der Waals surface area contributed by atoms with Gasteiger partial charge in [-0.25, -0.2) is 4.79 Å². The van der Waals surface area contributed by atoms with Crippen molar-refractivity contribution in [3.63, 3.8) is 0 Å². The number of carboxylic acids is 1. The third-order valence-electron chi connectivity index (χ3n) is 4.85. The molecule has 3 aromatic rings. The number of aromatic carboxylic acids is 1. The van der Waals surface area contributed by atoms with Crippen LogP contribution in [0.3, 0.4) is 0 Å². The van der Waals surface area contributed by atoms with E-state index in [0.29, 0.717) is 23.8 Å². The fraction of sp³-hybridized carbons (Fsp3) is 0.316. The van der Waals surface area contributed by atoms with Gasteiger partial charge in [0.25, 0.3) is 0 Å². The van der Waals surface area contributed by atoms with Crippen LogP contribution in [0.5, 0.6) is 0 Å². The van der Waals surface area contributed by atoms with Gasteiger partial charge in [-0.15, -0.1) is 10.2 Å². The predicted octanol–water partition coefficient (Wildman–Crippen LogP) is 2.76. The van der Waals surface area contributed by atoms with Crippen LogP contribution >= 0.6 is 0 Å². The maximum atomic E-state index is 11.4. The third kappa shape index (κ3) is 3.13. The molecule has 0 spiro atoms. The Morgan fingerprint density at radius 1 is 1.31 bits per heavy atom. The van der Waals surface area contributed by atoms with Crippen LogP contribution in [0.1, 0.15) is 34.3 Å². The van der Waals surface area contributed by atoms with Crippen LogP contribution in [0.25, 0.3) is 11.3 Å². The molecule has 0 amide bonds. The van der Waals surface area contributed by atoms with Crippen LogP contribution in [-0.4, -0.2) is 43.8 Å². The standard InChI is InChI=1S/C19H20N4O3/c1-22-12-20-21-18(22)13-8-9-23(10-13)11-14-6-7-17(26-14)15-4-2-3-5-16(15)19(24)25/h2-7,12-13H,8-11H2,1H3,(H,24,25)/t13-/m1/s1. The molecule has 7 nitrogen and oxygen atoms in total. The predicted molar refractivity (Wildman–Crippen MR) is 94.7 cm³/mol. The van der Waals surface area contributed by atoms with Gasteiger partial charge in [-0.1, -0.05) is 18.2 Å². The molecule has 134 valence electrons. The van der Waals surface area contributed by atoms with Gasteiger partial charge in [-0.05, 0) is 31.2 Å². The maximum Gasteiger partial charge on any atom is 0.336 e. The van der Waals surface area contributed by atoms with Gasteiger partial charge in [-0.3, -0.25) is 4.90 Å². The highest BCUT2D eigenvalue weighted by atomic mass is 16.4. The summed E-state index contributed by atoms with van der Waals surface area (Å²) in [6.07, 6.45) is 2.78. The van der Waals surface area contributed by atoms with Crippen LogP contribution in [0, 0.1) is 0 Å². The lowest BCUT2D eigenvalue weighted by Gasteiger charge is -2.14. The molecule has 0 radical (unpaired) electrons. The molecule has 0 unspecified atom stereocenters. The summed E-state index contributed by atoms with van der Waals surface area (Å²) in [5, 5.41) is 17.5. The quantitative estimate of drug-likeness (QED) is 0.760. The van der Waals surface area contributed by atoms with Crippen molar-refractivity contribution < 1.29 is 14.3 Å². The molecule has 2 aromatic heterocycles. The smallest absolute Gasteiger partial charge is 0.336 e. The molecule has 4 rings (SSSR count). The summed E-state index contributed by atoms with van der Waals surface area (Å²) in [7, 11) is 1.97. The van der Waals surface area contributed by atoms with E-state index in [-0.39, 0.29) is 5.56 Å². The zero-order valence-corrected chi connectivity index (χ0v) is 14.5. The summed E-state index contributed by atoms with van der Waals surface area (Å²) in [5.74, 6) is 1.86. The molecule has 0 aliphatic carbocycles. The van der Waals surface area contributed by atoms with E-state index in [1.54, 1.807) is 24.5 Å². The van der Waals surface area contributed by atoms with E-state index in [4.69, 9.17) is 4.42 Å². The zero-order chi connectivity index (χ0) is 18.1. The number of aromatic nitrogens is 3. The molecule has 3 heterocycles. The van der Waals surface area contributed by atoms with Crippen LogP contribution in [-0.2, 0) is 13.6 Å². The molecule has 1 saturated heterocycles. The van der Waals surface area contributed by atoms with Crippen molar-refractivity contribution in [2.75, 3.05) is 13.1 Å². The minimum Gasteiger partial charge on any atom is -0.478 e. The number of benzene rings is 1. The third-order valence-corrected chi connectivity index (χ3v) is 4.85. The summed E-state index contributed by atoms with van der Waals surface area (Å²) in [6.45, 7) is 2.58. The normalized spacial score (nSPS) is 17.7. The molecule has 0 bridgehead atoms. The van der Waals surface area contributed by atoms with Gasteiger partial charge < -0.3 is 14.1 Å². The Morgan fingerprint density at radius 3 is 2.92 bits per heavy atom. The van der Waals surface area contributed by atoms with E-state index in [9.17, 15) is 9.90 Å². The van der Waals surface area contributed by atoms with Crippen molar-refractivity contribution >= 4 is 5.97 Å². The van der Waals surface area contributed by atoms with Gasteiger partial charge in [0, 0.05) is 25.1 Å². The van der Waals surface area contributed by atoms with E-state index >= 15 is 0 Å². The van der Waals surface area contributed by atoms with Crippen LogP contribution in [0.2, 0.25) is 0 Å². The number of nitrogens with zero attached hydrogens (tertiary/aromatic N) is 4. The maximum absolute atomic E-state index is 11.4. The highest BCUT2D eigenvalue weighted by Gasteiger charge is 2.27. The Kier molecular flexibility index (Phi) is 4.30. The van der Waals surface area contributed by atoms with E-state index in [0.717, 1.165) is 31.1 Å². The van der Waals surface area contributed by atoms with Crippen LogP contribution in [0.15, 0.2) is 47.1 Å². The molecule has 1 aliphatic heterocycles. The summed E-state index contributed by atoms with van der Waals surface area (Å²) in [4.78, 5) is 13.7. The average Bonchev–Trinajstić information content (AvgIpc) is 3.36. The number of likely N-dealkylation sites (tertiary alicyclic amines) is 1. The minimum absolute atomic E-state index is 0.247. The van der Waals surface area contributed by atoms with Crippen molar-refractivity contribution in [3.05, 3.63) is 59.9 Å². The number of aryl methyl sites for hydroxylation is 1. The zero-order valence-electron chi connectivity index (χ0n) is 14.5. The largest absolute Gasteiger partial charge is 0.478 e. The molecule has 1 fully saturated rings. The number of furan rings is 1. The Balaban J connectivity index is 1.47. The fourth-order valence-electron chi connectivity index (χ4n) is 3.56. The van der Waals surface area contributed by atoms with Crippen molar-refractivity contribution in [1.29, 1.82) is 0 Å². The molecular weight excluding hydrogens is 332 g/mol. The Hall–Kier alpha value is -2.93. The molecule has 1 aliphatic rings. The number of rotatable bonds is 5. The summed E-state index contributed by atoms with van der Waals surface area (Å²) in [6, 6.07) is 10.7. The Labute approximate surface area is 150 Å². The van der Waals surface area contributed by atoms with E-state index in [1.165, 1.54) is 0 Å². The van der Waals surface area contributed by atoms with E-state index in [2.05, 4.69) is 15.1 Å². The van der Waals surface area contributed by atoms with Gasteiger partial charge in [0.05, 0.1) is 12.1 Å². The van der Waals surface area contributed by atoms with E-state index < -0.39 is 5.97 Å². The Morgan fingerprint density at radius 2 is 2.15 bits per heavy atom. The number of carbonyl (C=O) groups is 1. The van der Waals surface area contributed by atoms with Crippen LogP contribution in [0.4, 0.5) is 0 Å². The van der Waals surface area contributed by atoms with Gasteiger partial charge >= 0.3 is 5.97 Å². The first-order valence-corrected chi connectivity index (χ1v) is 8.59. The van der Waals surface area contributed by atoms with Crippen molar-refractivity contribution in [3.8, 4) is 11.3 Å². The lowest BCUT2D eigenvalue weighted by atomic mass is 10.1. The molecule has 1 N–H and O–H groups in total. The van der Waals surface area contributed by atoms with Crippen molar-refractivity contribution in [2.24, 2.45) is 7.05 Å². The van der Waals surface area contributed by atoms with Crippen molar-refractivity contribution in [1.82, 2.24) is 19.7 Å². The summed E-state index contributed by atoms with van der Waals surface area (Å²) >= 11 is 0. The number of hydrogen-bond donors (Lipinski definition) is 1. The second-order valence-corrected chi connectivity index (χ2v) is 6.64. The molecule has 1 atom stereocenters. The summed E-state index contributed by atoms with van der Waals surface area (Å²) in [5.41, 5.74) is 0.849. The Bertz CT molecular complexity index is 930. The highest BCUT2D eigenvalue weighted by molar-refractivity contribution is 5.95. The lowest BCUT2D eigenvalue weighted by molar-refractivity contribution is 0.0697. The topological polar surface area (TPSA) is 84.4 Å². The highest BCUT2D eigenvalue weighted by Crippen LogP contribution is 2.29. The minimum atomic E-state index is -0.954. The second kappa shape index (κ2) is 6.76. The van der Waals surface area contributed by atoms with Crippen LogP contribution < -0.4 is 0 Å². The lowest BCUT2D eigenvalue weighted by Crippen LogP contribution is -2.20. The summed E-state index contributed by atoms with van der Waals surface area (Å²) < 4.78 is 7.91. The molecular formula is C19H20N4O3. The van der Waals surface area contributed by atoms with Gasteiger partial charge in [-0.2, -0.15) is 0 Å². The first kappa shape index (κ1) is 16.5. The van der Waals surface area contributed by atoms with Gasteiger partial charge in [0.15, 0.2) is 0 Å². The van der Waals surface area contributed by atoms with Gasteiger partial charge in [0.2, 0.25) is 0 Å². The average molecular weight is 352 g/mol. The second-order valence-electron chi connectivity index (χ2n) is 6.64. The first-order chi connectivity index (χ1) is 12.6. The SMILES string of the molecule is Cn1cnnc1[C@@H]1CCN(Cc2ccc(-c3ccccc3C(=O)O)o2)C1. The molecule has 7 heteroatoms. The number of carboxylic acid groups (broad SMARTS) is 1. The van der Waals surface area contributed by atoms with Crippen molar-refractivity contribution in [2.45, 2.75) is 18.9 Å². The molecule has 26 heavy (non-hydrogen) atoms. The first-order valence-electron chi connectivity index (χ1n) is 8.59. The monoisotopic (exact) mass is 352 g/mol.